The van der Waals surface area contributed by atoms with Crippen molar-refractivity contribution in [2.45, 2.75) is 29.1 Å². The molecule has 0 heterocycles. The Morgan fingerprint density at radius 2 is 1.71 bits per heavy atom. The number of hydrogen-bond donors (Lipinski definition) is 1. The first-order valence-corrected chi connectivity index (χ1v) is 9.65. The van der Waals surface area contributed by atoms with Crippen LogP contribution in [0.4, 0.5) is 4.39 Å². The highest BCUT2D eigenvalue weighted by Gasteiger charge is 2.25. The molecule has 0 saturated carbocycles. The number of aryl methyl sites for hydroxylation is 1. The zero-order valence-electron chi connectivity index (χ0n) is 11.5. The number of carbonyl (C=O) groups is 1. The molecule has 0 aromatic heterocycles. The van der Waals surface area contributed by atoms with Crippen LogP contribution in [-0.4, -0.2) is 40.4 Å². The van der Waals surface area contributed by atoms with Gasteiger partial charge in [0.05, 0.1) is 4.90 Å². The first kappa shape index (κ1) is 17.6. The first-order chi connectivity index (χ1) is 9.43. The number of carboxylic acid groups (broad SMARTS) is 1. The van der Waals surface area contributed by atoms with Crippen LogP contribution in [0.15, 0.2) is 21.9 Å². The molecule has 1 aromatic carbocycles. The van der Waals surface area contributed by atoms with Crippen LogP contribution in [0.3, 0.4) is 0 Å². The summed E-state index contributed by atoms with van der Waals surface area (Å²) < 4.78 is 60.4. The third-order valence-electron chi connectivity index (χ3n) is 2.70. The van der Waals surface area contributed by atoms with Crippen molar-refractivity contribution in [1.29, 1.82) is 0 Å². The smallest absolute Gasteiger partial charge is 0.303 e. The molecule has 118 valence electrons. The summed E-state index contributed by atoms with van der Waals surface area (Å²) in [5.41, 5.74) is 0.238. The minimum absolute atomic E-state index is 0.135. The minimum Gasteiger partial charge on any atom is -0.481 e. The maximum Gasteiger partial charge on any atom is 0.303 e. The lowest BCUT2D eigenvalue weighted by atomic mass is 10.1. The fourth-order valence-electron chi connectivity index (χ4n) is 1.84. The second-order valence-corrected chi connectivity index (χ2v) is 8.63. The summed E-state index contributed by atoms with van der Waals surface area (Å²) in [4.78, 5) is 8.96. The third kappa shape index (κ3) is 4.78. The molecule has 1 rings (SSSR count). The molecule has 0 amide bonds. The summed E-state index contributed by atoms with van der Waals surface area (Å²) in [6.07, 6.45) is 1.69. The van der Waals surface area contributed by atoms with Gasteiger partial charge < -0.3 is 5.11 Å². The Bertz CT molecular complexity index is 765. The zero-order chi connectivity index (χ0) is 16.4. The number of carboxylic acids is 1. The topological polar surface area (TPSA) is 106 Å². The lowest BCUT2D eigenvalue weighted by Gasteiger charge is -2.10. The largest absolute Gasteiger partial charge is 0.481 e. The van der Waals surface area contributed by atoms with Crippen LogP contribution < -0.4 is 0 Å². The molecule has 0 unspecified atom stereocenters. The van der Waals surface area contributed by atoms with Crippen LogP contribution in [0.5, 0.6) is 0 Å². The second-order valence-electron chi connectivity index (χ2n) is 4.70. The summed E-state index contributed by atoms with van der Waals surface area (Å²) >= 11 is 0. The quantitative estimate of drug-likeness (QED) is 0.831. The second kappa shape index (κ2) is 6.10. The lowest BCUT2D eigenvalue weighted by Crippen LogP contribution is -2.11. The van der Waals surface area contributed by atoms with Gasteiger partial charge in [-0.3, -0.25) is 4.79 Å². The molecule has 0 bridgehead atoms. The van der Waals surface area contributed by atoms with Gasteiger partial charge in [0.15, 0.2) is 19.7 Å². The third-order valence-corrected chi connectivity index (χ3v) is 5.10. The summed E-state index contributed by atoms with van der Waals surface area (Å²) in [7, 11) is -7.98. The van der Waals surface area contributed by atoms with Crippen molar-refractivity contribution < 1.29 is 31.1 Å². The summed E-state index contributed by atoms with van der Waals surface area (Å²) in [6.45, 7) is 0. The van der Waals surface area contributed by atoms with E-state index < -0.39 is 41.3 Å². The standard InChI is InChI=1S/C12H15FO6S2/c1-20(16,17)10-7-8(4-3-5-11(14)15)6-9(13)12(10)21(2,18)19/h6-7H,3-5H2,1-2H3,(H,14,15). The predicted molar refractivity (Wildman–Crippen MR) is 73.2 cm³/mol. The summed E-state index contributed by atoms with van der Waals surface area (Å²) in [5.74, 6) is -2.17. The van der Waals surface area contributed by atoms with E-state index in [1.807, 2.05) is 0 Å². The van der Waals surface area contributed by atoms with Gasteiger partial charge in [-0.15, -0.1) is 0 Å². The fraction of sp³-hybridized carbons (Fsp3) is 0.417. The highest BCUT2D eigenvalue weighted by Crippen LogP contribution is 2.26. The molecule has 0 fully saturated rings. The Balaban J connectivity index is 3.37. The SMILES string of the molecule is CS(=O)(=O)c1cc(CCCC(=O)O)cc(F)c1S(C)(=O)=O. The minimum atomic E-state index is -4.05. The van der Waals surface area contributed by atoms with Gasteiger partial charge in [-0.25, -0.2) is 21.2 Å². The van der Waals surface area contributed by atoms with Crippen molar-refractivity contribution in [3.05, 3.63) is 23.5 Å². The molecule has 0 saturated heterocycles. The van der Waals surface area contributed by atoms with Crippen molar-refractivity contribution in [2.75, 3.05) is 12.5 Å². The molecular formula is C12H15FO6S2. The zero-order valence-corrected chi connectivity index (χ0v) is 13.1. The van der Waals surface area contributed by atoms with Crippen LogP contribution in [-0.2, 0) is 30.9 Å². The molecule has 0 radical (unpaired) electrons. The highest BCUT2D eigenvalue weighted by molar-refractivity contribution is 7.93. The first-order valence-electron chi connectivity index (χ1n) is 5.87. The molecule has 0 aliphatic heterocycles. The number of rotatable bonds is 6. The van der Waals surface area contributed by atoms with E-state index in [-0.39, 0.29) is 24.8 Å². The van der Waals surface area contributed by atoms with Gasteiger partial charge in [0.25, 0.3) is 0 Å². The van der Waals surface area contributed by atoms with E-state index in [0.29, 0.717) is 0 Å². The van der Waals surface area contributed by atoms with Gasteiger partial charge in [-0.1, -0.05) is 0 Å². The van der Waals surface area contributed by atoms with Crippen LogP contribution in [0.25, 0.3) is 0 Å². The normalized spacial score (nSPS) is 12.3. The van der Waals surface area contributed by atoms with E-state index in [0.717, 1.165) is 24.6 Å². The van der Waals surface area contributed by atoms with E-state index in [1.165, 1.54) is 0 Å². The number of halogens is 1. The molecule has 9 heteroatoms. The van der Waals surface area contributed by atoms with Gasteiger partial charge in [-0.2, -0.15) is 0 Å². The molecule has 1 aromatic rings. The molecule has 0 atom stereocenters. The van der Waals surface area contributed by atoms with Crippen LogP contribution in [0.1, 0.15) is 18.4 Å². The highest BCUT2D eigenvalue weighted by atomic mass is 32.2. The lowest BCUT2D eigenvalue weighted by molar-refractivity contribution is -0.137. The number of sulfone groups is 2. The average Bonchev–Trinajstić information content (AvgIpc) is 2.24. The van der Waals surface area contributed by atoms with Gasteiger partial charge in [0.1, 0.15) is 10.7 Å². The summed E-state index contributed by atoms with van der Waals surface area (Å²) in [6, 6.07) is 2.00. The maximum atomic E-state index is 14.0. The number of hydrogen-bond acceptors (Lipinski definition) is 5. The van der Waals surface area contributed by atoms with Crippen molar-refractivity contribution in [3.63, 3.8) is 0 Å². The monoisotopic (exact) mass is 338 g/mol. The van der Waals surface area contributed by atoms with Gasteiger partial charge in [0.2, 0.25) is 0 Å². The fourth-order valence-corrected chi connectivity index (χ4v) is 4.39. The Kier molecular flexibility index (Phi) is 5.11. The van der Waals surface area contributed by atoms with E-state index in [9.17, 15) is 26.0 Å². The molecule has 0 aliphatic carbocycles. The Hall–Kier alpha value is -1.48. The van der Waals surface area contributed by atoms with Crippen LogP contribution in [0, 0.1) is 5.82 Å². The van der Waals surface area contributed by atoms with Crippen LogP contribution >= 0.6 is 0 Å². The summed E-state index contributed by atoms with van der Waals surface area (Å²) in [5, 5.41) is 8.53. The maximum absolute atomic E-state index is 14.0. The Morgan fingerprint density at radius 1 is 1.14 bits per heavy atom. The van der Waals surface area contributed by atoms with Gasteiger partial charge >= 0.3 is 5.97 Å². The van der Waals surface area contributed by atoms with Crippen LogP contribution in [0.2, 0.25) is 0 Å². The van der Waals surface area contributed by atoms with E-state index in [2.05, 4.69) is 0 Å². The molecule has 0 spiro atoms. The van der Waals surface area contributed by atoms with E-state index in [1.54, 1.807) is 0 Å². The molecule has 6 nitrogen and oxygen atoms in total. The molecule has 0 aliphatic rings. The van der Waals surface area contributed by atoms with Crippen molar-refractivity contribution in [1.82, 2.24) is 0 Å². The van der Waals surface area contributed by atoms with E-state index in [4.69, 9.17) is 5.11 Å². The van der Waals surface area contributed by atoms with Crippen molar-refractivity contribution in [2.24, 2.45) is 0 Å². The Labute approximate surface area is 122 Å². The average molecular weight is 338 g/mol. The predicted octanol–water partition coefficient (Wildman–Crippen LogP) is 1.04. The van der Waals surface area contributed by atoms with Gasteiger partial charge in [0, 0.05) is 18.9 Å². The van der Waals surface area contributed by atoms with Crippen molar-refractivity contribution >= 4 is 25.6 Å². The van der Waals surface area contributed by atoms with E-state index >= 15 is 0 Å². The molecular weight excluding hydrogens is 323 g/mol. The number of benzene rings is 1. The Morgan fingerprint density at radius 3 is 2.14 bits per heavy atom. The number of aliphatic carboxylic acids is 1. The van der Waals surface area contributed by atoms with Crippen molar-refractivity contribution in [3.8, 4) is 0 Å². The van der Waals surface area contributed by atoms with Gasteiger partial charge in [-0.05, 0) is 30.5 Å². The molecule has 21 heavy (non-hydrogen) atoms. The molecule has 1 N–H and O–H groups in total.